The van der Waals surface area contributed by atoms with Crippen molar-refractivity contribution in [1.82, 2.24) is 4.98 Å². The van der Waals surface area contributed by atoms with Gasteiger partial charge in [0, 0.05) is 34.5 Å². The topological polar surface area (TPSA) is 105 Å². The molecular weight excluding hydrogens is 370 g/mol. The molecule has 7 heteroatoms. The number of nitrogens with one attached hydrogen (secondary N) is 1. The predicted octanol–water partition coefficient (Wildman–Crippen LogP) is 5.25. The van der Waals surface area contributed by atoms with Crippen LogP contribution in [0.2, 0.25) is 0 Å². The summed E-state index contributed by atoms with van der Waals surface area (Å²) in [7, 11) is 0. The molecule has 1 heterocycles. The Morgan fingerprint density at radius 1 is 0.931 bits per heavy atom. The number of rotatable bonds is 5. The average Bonchev–Trinajstić information content (AvgIpc) is 2.73. The van der Waals surface area contributed by atoms with Crippen molar-refractivity contribution < 1.29 is 14.8 Å². The molecule has 4 rings (SSSR count). The highest BCUT2D eigenvalue weighted by Gasteiger charge is 2.13. The number of aromatic nitrogens is 1. The number of non-ortho nitro benzene ring substituents is 1. The Hall–Kier alpha value is -4.26. The average molecular weight is 385 g/mol. The maximum atomic E-state index is 11.8. The highest BCUT2D eigenvalue weighted by atomic mass is 16.6. The van der Waals surface area contributed by atoms with Gasteiger partial charge in [0.05, 0.1) is 21.7 Å². The number of hydrogen-bond acceptors (Lipinski definition) is 5. The molecule has 0 aliphatic rings. The number of benzene rings is 3. The molecule has 0 unspecified atom stereocenters. The van der Waals surface area contributed by atoms with Crippen LogP contribution in [0.15, 0.2) is 78.9 Å². The molecule has 0 radical (unpaired) electrons. The second-order valence-electron chi connectivity index (χ2n) is 6.39. The lowest BCUT2D eigenvalue weighted by Gasteiger charge is -2.10. The number of nitro benzene ring substituents is 1. The fourth-order valence-corrected chi connectivity index (χ4v) is 3.07. The Bertz CT molecular complexity index is 1220. The zero-order chi connectivity index (χ0) is 20.4. The molecule has 0 saturated carbocycles. The van der Waals surface area contributed by atoms with Gasteiger partial charge >= 0.3 is 5.97 Å². The van der Waals surface area contributed by atoms with Crippen molar-refractivity contribution in [1.29, 1.82) is 0 Å². The number of pyridine rings is 1. The summed E-state index contributed by atoms with van der Waals surface area (Å²) in [5.41, 5.74) is 3.49. The van der Waals surface area contributed by atoms with E-state index in [9.17, 15) is 20.0 Å². The second-order valence-corrected chi connectivity index (χ2v) is 6.39. The molecule has 0 saturated heterocycles. The van der Waals surface area contributed by atoms with Crippen LogP contribution in [0, 0.1) is 10.1 Å². The summed E-state index contributed by atoms with van der Waals surface area (Å²) in [5.74, 6) is -1.02. The van der Waals surface area contributed by atoms with Gasteiger partial charge in [0.15, 0.2) is 0 Å². The Labute approximate surface area is 165 Å². The van der Waals surface area contributed by atoms with Crippen LogP contribution in [-0.4, -0.2) is 21.0 Å². The first-order chi connectivity index (χ1) is 14.0. The molecule has 7 nitrogen and oxygen atoms in total. The van der Waals surface area contributed by atoms with Gasteiger partial charge in [-0.25, -0.2) is 9.78 Å². The smallest absolute Gasteiger partial charge is 0.336 e. The molecule has 0 bridgehead atoms. The highest BCUT2D eigenvalue weighted by Crippen LogP contribution is 2.28. The van der Waals surface area contributed by atoms with E-state index in [1.807, 2.05) is 30.3 Å². The van der Waals surface area contributed by atoms with Crippen molar-refractivity contribution in [2.24, 2.45) is 0 Å². The van der Waals surface area contributed by atoms with E-state index in [0.717, 1.165) is 5.56 Å². The standard InChI is InChI=1S/C22H15N3O4/c26-22(27)19-13-20(14-4-2-1-3-5-14)24-21-12-16(8-11-18(19)21)23-15-6-9-17(10-7-15)25(28)29/h1-13,23H,(H,26,27). The van der Waals surface area contributed by atoms with E-state index in [1.54, 1.807) is 36.4 Å². The van der Waals surface area contributed by atoms with E-state index < -0.39 is 10.9 Å². The Morgan fingerprint density at radius 2 is 1.62 bits per heavy atom. The summed E-state index contributed by atoms with van der Waals surface area (Å²) in [4.78, 5) is 26.7. The first-order valence-corrected chi connectivity index (χ1v) is 8.76. The zero-order valence-corrected chi connectivity index (χ0v) is 15.1. The van der Waals surface area contributed by atoms with Gasteiger partial charge in [-0.05, 0) is 36.4 Å². The first-order valence-electron chi connectivity index (χ1n) is 8.76. The number of hydrogen-bond donors (Lipinski definition) is 2. The number of anilines is 2. The third-order valence-corrected chi connectivity index (χ3v) is 4.48. The maximum absolute atomic E-state index is 11.8. The molecule has 0 aliphatic heterocycles. The Morgan fingerprint density at radius 3 is 2.28 bits per heavy atom. The van der Waals surface area contributed by atoms with Crippen molar-refractivity contribution in [2.75, 3.05) is 5.32 Å². The third-order valence-electron chi connectivity index (χ3n) is 4.48. The van der Waals surface area contributed by atoms with Crippen molar-refractivity contribution in [3.05, 3.63) is 94.5 Å². The number of carboxylic acid groups (broad SMARTS) is 1. The van der Waals surface area contributed by atoms with Crippen molar-refractivity contribution >= 4 is 33.9 Å². The van der Waals surface area contributed by atoms with Crippen LogP contribution in [0.3, 0.4) is 0 Å². The summed E-state index contributed by atoms with van der Waals surface area (Å²) >= 11 is 0. The lowest BCUT2D eigenvalue weighted by molar-refractivity contribution is -0.384. The molecule has 142 valence electrons. The van der Waals surface area contributed by atoms with Crippen LogP contribution in [0.5, 0.6) is 0 Å². The van der Waals surface area contributed by atoms with E-state index in [2.05, 4.69) is 10.3 Å². The third kappa shape index (κ3) is 3.74. The number of carbonyl (C=O) groups is 1. The number of nitrogens with zero attached hydrogens (tertiary/aromatic N) is 2. The number of nitro groups is 1. The monoisotopic (exact) mass is 385 g/mol. The molecule has 0 amide bonds. The predicted molar refractivity (Wildman–Crippen MR) is 111 cm³/mol. The van der Waals surface area contributed by atoms with Crippen molar-refractivity contribution in [3.63, 3.8) is 0 Å². The summed E-state index contributed by atoms with van der Waals surface area (Å²) in [6, 6.07) is 22.2. The van der Waals surface area contributed by atoms with Crippen LogP contribution >= 0.6 is 0 Å². The van der Waals surface area contributed by atoms with Crippen LogP contribution in [0.4, 0.5) is 17.1 Å². The van der Waals surface area contributed by atoms with Crippen molar-refractivity contribution in [3.8, 4) is 11.3 Å². The van der Waals surface area contributed by atoms with Gasteiger partial charge in [0.1, 0.15) is 0 Å². The largest absolute Gasteiger partial charge is 0.478 e. The van der Waals surface area contributed by atoms with Gasteiger partial charge < -0.3 is 10.4 Å². The van der Waals surface area contributed by atoms with E-state index in [4.69, 9.17) is 0 Å². The molecule has 2 N–H and O–H groups in total. The van der Waals surface area contributed by atoms with Gasteiger partial charge in [0.25, 0.3) is 5.69 Å². The summed E-state index contributed by atoms with van der Waals surface area (Å²) in [5, 5.41) is 24.1. The van der Waals surface area contributed by atoms with E-state index >= 15 is 0 Å². The van der Waals surface area contributed by atoms with Crippen LogP contribution in [0.1, 0.15) is 10.4 Å². The summed E-state index contributed by atoms with van der Waals surface area (Å²) in [6.45, 7) is 0. The second kappa shape index (κ2) is 7.40. The normalized spacial score (nSPS) is 10.6. The molecule has 0 fully saturated rings. The first kappa shape index (κ1) is 18.1. The lowest BCUT2D eigenvalue weighted by atomic mass is 10.0. The lowest BCUT2D eigenvalue weighted by Crippen LogP contribution is -2.01. The molecule has 0 aliphatic carbocycles. The maximum Gasteiger partial charge on any atom is 0.336 e. The van der Waals surface area contributed by atoms with Gasteiger partial charge in [-0.1, -0.05) is 30.3 Å². The van der Waals surface area contributed by atoms with Gasteiger partial charge in [-0.15, -0.1) is 0 Å². The Kier molecular flexibility index (Phi) is 4.62. The minimum absolute atomic E-state index is 0.00864. The van der Waals surface area contributed by atoms with Gasteiger partial charge in [-0.3, -0.25) is 10.1 Å². The quantitative estimate of drug-likeness (QED) is 0.359. The molecule has 0 spiro atoms. The summed E-state index contributed by atoms with van der Waals surface area (Å²) < 4.78 is 0. The van der Waals surface area contributed by atoms with E-state index in [0.29, 0.717) is 28.0 Å². The number of fused-ring (bicyclic) bond motifs is 1. The molecule has 29 heavy (non-hydrogen) atoms. The van der Waals surface area contributed by atoms with Crippen LogP contribution in [-0.2, 0) is 0 Å². The van der Waals surface area contributed by atoms with Crippen molar-refractivity contribution in [2.45, 2.75) is 0 Å². The fourth-order valence-electron chi connectivity index (χ4n) is 3.07. The summed E-state index contributed by atoms with van der Waals surface area (Å²) in [6.07, 6.45) is 0. The molecule has 3 aromatic carbocycles. The minimum Gasteiger partial charge on any atom is -0.478 e. The fraction of sp³-hybridized carbons (Fsp3) is 0. The Balaban J connectivity index is 1.75. The number of carboxylic acids is 1. The highest BCUT2D eigenvalue weighted by molar-refractivity contribution is 6.04. The van der Waals surface area contributed by atoms with E-state index in [1.165, 1.54) is 12.1 Å². The molecule has 0 atom stereocenters. The molecule has 1 aromatic heterocycles. The molecule has 4 aromatic rings. The minimum atomic E-state index is -1.02. The van der Waals surface area contributed by atoms with Gasteiger partial charge in [-0.2, -0.15) is 0 Å². The van der Waals surface area contributed by atoms with Crippen LogP contribution in [0.25, 0.3) is 22.2 Å². The SMILES string of the molecule is O=C(O)c1cc(-c2ccccc2)nc2cc(Nc3ccc([N+](=O)[O-])cc3)ccc12. The zero-order valence-electron chi connectivity index (χ0n) is 15.1. The van der Waals surface area contributed by atoms with E-state index in [-0.39, 0.29) is 11.3 Å². The molecular formula is C22H15N3O4. The van der Waals surface area contributed by atoms with Gasteiger partial charge in [0.2, 0.25) is 0 Å². The van der Waals surface area contributed by atoms with Crippen LogP contribution < -0.4 is 5.32 Å². The number of aromatic carboxylic acids is 1.